The summed E-state index contributed by atoms with van der Waals surface area (Å²) in [4.78, 5) is 0. The van der Waals surface area contributed by atoms with Crippen LogP contribution in [0.15, 0.2) is 36.5 Å². The highest BCUT2D eigenvalue weighted by Crippen LogP contribution is 2.23. The number of aromatic amines is 1. The number of hydrogen-bond donors (Lipinski definition) is 2. The summed E-state index contributed by atoms with van der Waals surface area (Å²) in [6.07, 6.45) is 1.97. The molecule has 0 bridgehead atoms. The fourth-order valence-corrected chi connectivity index (χ4v) is 2.44. The highest BCUT2D eigenvalue weighted by atomic mass is 16.5. The number of hydrogen-bond acceptors (Lipinski definition) is 3. The number of nitrogens with zero attached hydrogens (tertiary/aromatic N) is 1. The molecule has 0 aliphatic carbocycles. The van der Waals surface area contributed by atoms with Crippen molar-refractivity contribution in [2.45, 2.75) is 38.8 Å². The van der Waals surface area contributed by atoms with Crippen molar-refractivity contribution in [3.63, 3.8) is 0 Å². The first-order valence-electron chi connectivity index (χ1n) is 7.33. The molecule has 2 N–H and O–H groups in total. The van der Waals surface area contributed by atoms with Crippen LogP contribution in [0.5, 0.6) is 0 Å². The molecule has 0 aliphatic heterocycles. The number of methoxy groups -OCH3 is 1. The molecule has 114 valence electrons. The number of nitrogens with one attached hydrogen (secondary N) is 2. The predicted octanol–water partition coefficient (Wildman–Crippen LogP) is 3.18. The van der Waals surface area contributed by atoms with Crippen LogP contribution >= 0.6 is 0 Å². The van der Waals surface area contributed by atoms with Gasteiger partial charge in [0, 0.05) is 36.9 Å². The van der Waals surface area contributed by atoms with E-state index in [1.54, 1.807) is 7.11 Å². The van der Waals surface area contributed by atoms with E-state index < -0.39 is 0 Å². The summed E-state index contributed by atoms with van der Waals surface area (Å²) in [5, 5.41) is 10.7. The zero-order chi connectivity index (χ0) is 15.3. The van der Waals surface area contributed by atoms with Gasteiger partial charge in [-0.05, 0) is 5.56 Å². The van der Waals surface area contributed by atoms with Crippen LogP contribution in [0.4, 0.5) is 0 Å². The Labute approximate surface area is 126 Å². The minimum Gasteiger partial charge on any atom is -0.375 e. The van der Waals surface area contributed by atoms with E-state index in [2.05, 4.69) is 48.4 Å². The van der Waals surface area contributed by atoms with Crippen LogP contribution in [0.25, 0.3) is 0 Å². The lowest BCUT2D eigenvalue weighted by Crippen LogP contribution is -2.24. The van der Waals surface area contributed by atoms with Crippen molar-refractivity contribution in [3.8, 4) is 0 Å². The second-order valence-electron chi connectivity index (χ2n) is 6.29. The SMILES string of the molecule is CO[C@@H](CNCc1cn[nH]c1C(C)(C)C)c1ccccc1. The van der Waals surface area contributed by atoms with Crippen molar-refractivity contribution in [1.29, 1.82) is 0 Å². The van der Waals surface area contributed by atoms with Crippen molar-refractivity contribution in [2.24, 2.45) is 0 Å². The van der Waals surface area contributed by atoms with E-state index in [1.165, 1.54) is 16.8 Å². The maximum atomic E-state index is 5.57. The third-order valence-corrected chi connectivity index (χ3v) is 3.57. The standard InChI is InChI=1S/C17H25N3O/c1-17(2,3)16-14(11-19-20-16)10-18-12-15(21-4)13-8-6-5-7-9-13/h5-9,11,15,18H,10,12H2,1-4H3,(H,19,20)/t15-/m0/s1. The van der Waals surface area contributed by atoms with Crippen LogP contribution in [-0.2, 0) is 16.7 Å². The molecule has 4 heteroatoms. The molecule has 0 saturated heterocycles. The van der Waals surface area contributed by atoms with E-state index in [9.17, 15) is 0 Å². The van der Waals surface area contributed by atoms with Gasteiger partial charge in [-0.15, -0.1) is 0 Å². The quantitative estimate of drug-likeness (QED) is 0.858. The fraction of sp³-hybridized carbons (Fsp3) is 0.471. The van der Waals surface area contributed by atoms with Crippen molar-refractivity contribution in [2.75, 3.05) is 13.7 Å². The largest absolute Gasteiger partial charge is 0.375 e. The molecule has 0 aliphatic rings. The number of aromatic nitrogens is 2. The molecule has 0 unspecified atom stereocenters. The minimum absolute atomic E-state index is 0.0659. The number of benzene rings is 1. The Morgan fingerprint density at radius 2 is 1.95 bits per heavy atom. The van der Waals surface area contributed by atoms with Crippen LogP contribution in [-0.4, -0.2) is 23.9 Å². The molecule has 0 fully saturated rings. The predicted molar refractivity (Wildman–Crippen MR) is 85.2 cm³/mol. The lowest BCUT2D eigenvalue weighted by Gasteiger charge is -2.20. The van der Waals surface area contributed by atoms with E-state index in [1.807, 2.05) is 24.4 Å². The number of rotatable bonds is 6. The van der Waals surface area contributed by atoms with Crippen molar-refractivity contribution in [1.82, 2.24) is 15.5 Å². The van der Waals surface area contributed by atoms with Gasteiger partial charge in [-0.2, -0.15) is 5.10 Å². The molecule has 1 aromatic carbocycles. The first kappa shape index (κ1) is 15.7. The summed E-state index contributed by atoms with van der Waals surface area (Å²) >= 11 is 0. The first-order valence-corrected chi connectivity index (χ1v) is 7.33. The zero-order valence-corrected chi connectivity index (χ0v) is 13.3. The molecule has 4 nitrogen and oxygen atoms in total. The van der Waals surface area contributed by atoms with E-state index in [0.717, 1.165) is 13.1 Å². The summed E-state index contributed by atoms with van der Waals surface area (Å²) in [5.74, 6) is 0. The number of ether oxygens (including phenoxy) is 1. The molecular weight excluding hydrogens is 262 g/mol. The Morgan fingerprint density at radius 3 is 2.57 bits per heavy atom. The van der Waals surface area contributed by atoms with Gasteiger partial charge in [0.05, 0.1) is 12.3 Å². The van der Waals surface area contributed by atoms with Gasteiger partial charge in [-0.1, -0.05) is 51.1 Å². The zero-order valence-electron chi connectivity index (χ0n) is 13.3. The molecule has 0 spiro atoms. The summed E-state index contributed by atoms with van der Waals surface area (Å²) < 4.78 is 5.57. The molecule has 1 aromatic heterocycles. The van der Waals surface area contributed by atoms with Gasteiger partial charge in [0.15, 0.2) is 0 Å². The van der Waals surface area contributed by atoms with Gasteiger partial charge in [-0.25, -0.2) is 0 Å². The molecular formula is C17H25N3O. The van der Waals surface area contributed by atoms with Crippen molar-refractivity contribution in [3.05, 3.63) is 53.3 Å². The first-order chi connectivity index (χ1) is 10.0. The monoisotopic (exact) mass is 287 g/mol. The van der Waals surface area contributed by atoms with Crippen LogP contribution < -0.4 is 5.32 Å². The van der Waals surface area contributed by atoms with Crippen LogP contribution in [0.1, 0.15) is 43.7 Å². The molecule has 2 rings (SSSR count). The Balaban J connectivity index is 1.94. The molecule has 0 amide bonds. The molecule has 2 aromatic rings. The van der Waals surface area contributed by atoms with Gasteiger partial charge < -0.3 is 10.1 Å². The molecule has 0 saturated carbocycles. The molecule has 1 heterocycles. The third-order valence-electron chi connectivity index (χ3n) is 3.57. The van der Waals surface area contributed by atoms with Gasteiger partial charge >= 0.3 is 0 Å². The Kier molecular flexibility index (Phi) is 5.15. The van der Waals surface area contributed by atoms with Crippen LogP contribution in [0.3, 0.4) is 0 Å². The lowest BCUT2D eigenvalue weighted by atomic mass is 9.89. The fourth-order valence-electron chi connectivity index (χ4n) is 2.44. The molecule has 1 atom stereocenters. The molecule has 0 radical (unpaired) electrons. The highest BCUT2D eigenvalue weighted by molar-refractivity contribution is 5.23. The van der Waals surface area contributed by atoms with E-state index in [4.69, 9.17) is 4.74 Å². The minimum atomic E-state index is 0.0659. The smallest absolute Gasteiger partial charge is 0.0945 e. The molecule has 21 heavy (non-hydrogen) atoms. The van der Waals surface area contributed by atoms with Crippen molar-refractivity contribution < 1.29 is 4.74 Å². The normalized spacial score (nSPS) is 13.3. The van der Waals surface area contributed by atoms with Crippen LogP contribution in [0.2, 0.25) is 0 Å². The second-order valence-corrected chi connectivity index (χ2v) is 6.29. The topological polar surface area (TPSA) is 49.9 Å². The van der Waals surface area contributed by atoms with Gasteiger partial charge in [-0.3, -0.25) is 5.10 Å². The Hall–Kier alpha value is -1.65. The highest BCUT2D eigenvalue weighted by Gasteiger charge is 2.20. The average Bonchev–Trinajstić information content (AvgIpc) is 2.93. The van der Waals surface area contributed by atoms with Crippen molar-refractivity contribution >= 4 is 0 Å². The van der Waals surface area contributed by atoms with Gasteiger partial charge in [0.2, 0.25) is 0 Å². The summed E-state index contributed by atoms with van der Waals surface area (Å²) in [5.41, 5.74) is 3.66. The van der Waals surface area contributed by atoms with Crippen LogP contribution in [0, 0.1) is 0 Å². The summed E-state index contributed by atoms with van der Waals surface area (Å²) in [6.45, 7) is 8.12. The maximum absolute atomic E-state index is 5.57. The maximum Gasteiger partial charge on any atom is 0.0945 e. The Bertz CT molecular complexity index is 543. The second kappa shape index (κ2) is 6.87. The van der Waals surface area contributed by atoms with Gasteiger partial charge in [0.25, 0.3) is 0 Å². The van der Waals surface area contributed by atoms with E-state index in [0.29, 0.717) is 0 Å². The van der Waals surface area contributed by atoms with Gasteiger partial charge in [0.1, 0.15) is 0 Å². The third kappa shape index (κ3) is 4.16. The lowest BCUT2D eigenvalue weighted by molar-refractivity contribution is 0.102. The average molecular weight is 287 g/mol. The summed E-state index contributed by atoms with van der Waals surface area (Å²) in [6, 6.07) is 10.3. The Morgan fingerprint density at radius 1 is 1.24 bits per heavy atom. The summed E-state index contributed by atoms with van der Waals surface area (Å²) in [7, 11) is 1.75. The van der Waals surface area contributed by atoms with E-state index >= 15 is 0 Å². The number of H-pyrrole nitrogens is 1. The van der Waals surface area contributed by atoms with E-state index in [-0.39, 0.29) is 11.5 Å².